The maximum Gasteiger partial charge on any atom is 0 e. The molecule has 14 heteroatoms. The Labute approximate surface area is 184 Å². The smallest absolute Gasteiger partial charge is 0 e. The molecule has 132 valence electrons. The first-order valence-electron chi connectivity index (χ1n) is 3.81. The molecule has 0 saturated carbocycles. The minimum Gasteiger partial charge on any atom is -0.450 e. The number of rotatable bonds is 2. The fourth-order valence-corrected chi connectivity index (χ4v) is 0.298. The summed E-state index contributed by atoms with van der Waals surface area (Å²) >= 11 is 4.74. The van der Waals surface area contributed by atoms with Gasteiger partial charge in [-0.25, -0.2) is 0 Å². The minimum absolute atomic E-state index is 0. The van der Waals surface area contributed by atoms with E-state index in [1.165, 1.54) is 6.33 Å². The topological polar surface area (TPSA) is 143 Å². The molecule has 1 heterocycles. The van der Waals surface area contributed by atoms with Crippen molar-refractivity contribution in [2.24, 2.45) is 0 Å². The summed E-state index contributed by atoms with van der Waals surface area (Å²) in [5, 5.41) is 22.0. The molecule has 0 bridgehead atoms. The summed E-state index contributed by atoms with van der Waals surface area (Å²) in [6.07, 6.45) is 4.78. The van der Waals surface area contributed by atoms with E-state index in [1.54, 1.807) is 19.3 Å². The number of nitrogens with zero attached hydrogens (tertiary/aromatic N) is 4. The zero-order valence-corrected chi connectivity index (χ0v) is 19.0. The van der Waals surface area contributed by atoms with E-state index < -0.39 is 10.2 Å². The first-order valence-corrected chi connectivity index (χ1v) is 12.8. The molecule has 10 nitrogen and oxygen atoms in total. The number of hydrogen-bond acceptors (Lipinski definition) is 6. The zero-order valence-electron chi connectivity index (χ0n) is 10.5. The summed E-state index contributed by atoms with van der Waals surface area (Å²) < 4.78 is 0. The van der Waals surface area contributed by atoms with Crippen LogP contribution in [0.2, 0.25) is 0 Å². The molecule has 0 fully saturated rings. The fourth-order valence-electron chi connectivity index (χ4n) is 0.298. The second kappa shape index (κ2) is 43.0. The van der Waals surface area contributed by atoms with Crippen LogP contribution in [-0.4, -0.2) is 27.0 Å². The van der Waals surface area contributed by atoms with Gasteiger partial charge in [0.2, 0.25) is 0 Å². The molecule has 0 aromatic carbocycles. The average Bonchev–Trinajstić information content (AvgIpc) is 2.74. The molecule has 0 aliphatic rings. The van der Waals surface area contributed by atoms with Gasteiger partial charge >= 0.3 is 49.4 Å². The van der Waals surface area contributed by atoms with E-state index in [-0.39, 0.29) is 61.6 Å². The SMILES string of the molecule is C.C.CCO[N+](=O)[O-].O=[N+]([O-])O.[CH3-].[I][V][I].[Y].c1c[n-]cn1. The summed E-state index contributed by atoms with van der Waals surface area (Å²) in [5.41, 5.74) is 0. The van der Waals surface area contributed by atoms with Crippen LogP contribution < -0.4 is 4.98 Å². The average molecular weight is 662 g/mol. The monoisotopic (exact) mass is 662 g/mol. The van der Waals surface area contributed by atoms with Crippen LogP contribution in [0.5, 0.6) is 0 Å². The summed E-state index contributed by atoms with van der Waals surface area (Å²) in [6, 6.07) is 0. The van der Waals surface area contributed by atoms with Crippen LogP contribution in [0.3, 0.4) is 0 Å². The molecule has 1 aromatic heterocycles. The van der Waals surface area contributed by atoms with E-state index in [2.05, 4.69) is 54.8 Å². The Kier molecular flexibility index (Phi) is 84.9. The Morgan fingerprint density at radius 3 is 1.77 bits per heavy atom. The fraction of sp³-hybridized carbons (Fsp3) is 0.500. The standard InChI is InChI=1S/C3H3N2.C2H5NO3.2CH4.CH3.2HI.HNO3.V.Y/c1-2-5-3-4-1;1-2-6-3(4)5;;;;;;2-1(3)4;;/h1-3H;2H2,1H3;2*1H4;1H3;2*1H;(H,2,3,4);;/q-1;;;;-1;;;;+2;/p-2. The Balaban J connectivity index is -0.0000000264. The van der Waals surface area contributed by atoms with Gasteiger partial charge in [0.25, 0.3) is 10.2 Å². The van der Waals surface area contributed by atoms with Gasteiger partial charge in [-0.05, 0) is 6.92 Å². The molecular formula is C8H20I2N4O6VY-2. The number of imidazole rings is 1. The van der Waals surface area contributed by atoms with Crippen LogP contribution in [0, 0.1) is 27.7 Å². The van der Waals surface area contributed by atoms with Crippen molar-refractivity contribution in [2.45, 2.75) is 21.8 Å². The molecule has 1 N–H and O–H groups in total. The van der Waals surface area contributed by atoms with Crippen LogP contribution in [0.4, 0.5) is 0 Å². The van der Waals surface area contributed by atoms with Crippen molar-refractivity contribution in [3.05, 3.63) is 46.4 Å². The molecule has 1 radical (unpaired) electrons. The van der Waals surface area contributed by atoms with Crippen molar-refractivity contribution in [2.75, 3.05) is 6.61 Å². The van der Waals surface area contributed by atoms with Gasteiger partial charge < -0.3 is 27.4 Å². The van der Waals surface area contributed by atoms with Crippen molar-refractivity contribution in [1.29, 1.82) is 0 Å². The number of aromatic nitrogens is 2. The van der Waals surface area contributed by atoms with Gasteiger partial charge in [0.1, 0.15) is 0 Å². The number of halogens is 2. The molecule has 1 rings (SSSR count). The Morgan fingerprint density at radius 2 is 1.73 bits per heavy atom. The van der Waals surface area contributed by atoms with Gasteiger partial charge in [0.05, 0.1) is 6.61 Å². The Bertz CT molecular complexity index is 266. The van der Waals surface area contributed by atoms with Crippen LogP contribution in [0.25, 0.3) is 0 Å². The van der Waals surface area contributed by atoms with Crippen molar-refractivity contribution in [3.8, 4) is 0 Å². The van der Waals surface area contributed by atoms with Gasteiger partial charge in [-0.1, -0.05) is 33.6 Å². The largest absolute Gasteiger partial charge is 0.450 e. The molecule has 0 aliphatic heterocycles. The molecule has 0 saturated heterocycles. The predicted octanol–water partition coefficient (Wildman–Crippen LogP) is 3.39. The third-order valence-corrected chi connectivity index (χ3v) is 0.607. The van der Waals surface area contributed by atoms with Crippen molar-refractivity contribution >= 4 is 40.0 Å². The van der Waals surface area contributed by atoms with Gasteiger partial charge in [-0.15, -0.1) is 20.2 Å². The summed E-state index contributed by atoms with van der Waals surface area (Å²) in [5.74, 6) is 0. The molecule has 0 spiro atoms. The first-order chi connectivity index (χ1) is 8.42. The van der Waals surface area contributed by atoms with Gasteiger partial charge in [-0.3, -0.25) is 0 Å². The zero-order chi connectivity index (χ0) is 14.8. The maximum absolute atomic E-state index is 9.18. The van der Waals surface area contributed by atoms with Crippen molar-refractivity contribution < 1.29 is 62.4 Å². The third kappa shape index (κ3) is 106. The predicted molar refractivity (Wildman–Crippen MR) is 92.9 cm³/mol. The molecule has 0 unspecified atom stereocenters. The van der Waals surface area contributed by atoms with Crippen LogP contribution in [-0.2, 0) is 47.0 Å². The molecule has 0 atom stereocenters. The molecule has 22 heavy (non-hydrogen) atoms. The van der Waals surface area contributed by atoms with E-state index >= 15 is 0 Å². The van der Waals surface area contributed by atoms with Crippen molar-refractivity contribution in [3.63, 3.8) is 0 Å². The van der Waals surface area contributed by atoms with E-state index in [4.69, 9.17) is 15.3 Å². The van der Waals surface area contributed by atoms with Crippen LogP contribution in [0.1, 0.15) is 21.8 Å². The van der Waals surface area contributed by atoms with E-state index in [9.17, 15) is 10.1 Å². The minimum atomic E-state index is -1.50. The Hall–Kier alpha value is 0.758. The molecule has 0 amide bonds. The van der Waals surface area contributed by atoms with E-state index in [0.717, 1.165) is 0 Å². The van der Waals surface area contributed by atoms with Gasteiger partial charge in [0.15, 0.2) is 0 Å². The Morgan fingerprint density at radius 1 is 1.36 bits per heavy atom. The van der Waals surface area contributed by atoms with E-state index in [0.29, 0.717) is 9.47 Å². The quantitative estimate of drug-likeness (QED) is 0.220. The van der Waals surface area contributed by atoms with Crippen molar-refractivity contribution in [1.82, 2.24) is 9.97 Å². The van der Waals surface area contributed by atoms with Gasteiger partial charge in [-0.2, -0.15) is 0 Å². The number of hydrogen-bond donors (Lipinski definition) is 1. The summed E-state index contributed by atoms with van der Waals surface area (Å²) in [7, 11) is 0.628. The molecule has 0 aliphatic carbocycles. The summed E-state index contributed by atoms with van der Waals surface area (Å²) in [6.45, 7) is 1.69. The second-order valence-corrected chi connectivity index (χ2v) is 13.4. The normalized spacial score (nSPS) is 5.59. The van der Waals surface area contributed by atoms with Crippen LogP contribution in [0.15, 0.2) is 18.7 Å². The van der Waals surface area contributed by atoms with Gasteiger partial charge in [0, 0.05) is 32.7 Å². The van der Waals surface area contributed by atoms with Crippen LogP contribution >= 0.6 is 40.0 Å². The second-order valence-electron chi connectivity index (χ2n) is 1.65. The summed E-state index contributed by atoms with van der Waals surface area (Å²) in [4.78, 5) is 28.5. The molecule has 1 aromatic rings. The molecular weight excluding hydrogens is 642 g/mol. The third-order valence-electron chi connectivity index (χ3n) is 0.607. The maximum atomic E-state index is 9.18. The first kappa shape index (κ1) is 43.4. The van der Waals surface area contributed by atoms with E-state index in [1.807, 2.05) is 0 Å².